The first-order chi connectivity index (χ1) is 12.9. The van der Waals surface area contributed by atoms with Crippen LogP contribution in [0.2, 0.25) is 0 Å². The zero-order valence-corrected chi connectivity index (χ0v) is 16.0. The Kier molecular flexibility index (Phi) is 4.15. The minimum Gasteiger partial charge on any atom is -0.340 e. The molecular weight excluding hydrogens is 360 g/mol. The molecule has 5 nitrogen and oxygen atoms in total. The normalized spacial score (nSPS) is 14.5. The number of likely N-dealkylation sites (N-methyl/N-ethyl adjacent to an activating group) is 1. The van der Waals surface area contributed by atoms with Crippen LogP contribution in [0.15, 0.2) is 65.6 Å². The van der Waals surface area contributed by atoms with E-state index in [1.807, 2.05) is 49.4 Å². The number of sulfonamides is 1. The molecule has 0 N–H and O–H groups in total. The van der Waals surface area contributed by atoms with Crippen molar-refractivity contribution in [3.8, 4) is 0 Å². The number of benzene rings is 3. The Morgan fingerprint density at radius 3 is 2.44 bits per heavy atom. The maximum Gasteiger partial charge on any atom is 0.265 e. The molecule has 0 aromatic heterocycles. The van der Waals surface area contributed by atoms with E-state index < -0.39 is 10.0 Å². The van der Waals surface area contributed by atoms with Gasteiger partial charge >= 0.3 is 0 Å². The van der Waals surface area contributed by atoms with Gasteiger partial charge in [0.1, 0.15) is 6.54 Å². The first-order valence-corrected chi connectivity index (χ1v) is 10.2. The minimum atomic E-state index is -3.72. The van der Waals surface area contributed by atoms with Crippen molar-refractivity contribution >= 4 is 32.4 Å². The molecule has 27 heavy (non-hydrogen) atoms. The van der Waals surface area contributed by atoms with Crippen molar-refractivity contribution in [3.05, 3.63) is 71.8 Å². The van der Waals surface area contributed by atoms with Crippen molar-refractivity contribution in [2.24, 2.45) is 0 Å². The Hall–Kier alpha value is -2.86. The number of rotatable bonds is 4. The number of amides is 1. The van der Waals surface area contributed by atoms with Gasteiger partial charge in [0.05, 0.1) is 10.6 Å². The lowest BCUT2D eigenvalue weighted by atomic mass is 10.1. The highest BCUT2D eigenvalue weighted by Gasteiger charge is 2.37. The number of hydrogen-bond acceptors (Lipinski definition) is 3. The zero-order chi connectivity index (χ0) is 19.2. The van der Waals surface area contributed by atoms with Crippen LogP contribution in [0.1, 0.15) is 11.1 Å². The molecule has 0 saturated heterocycles. The second-order valence-electron chi connectivity index (χ2n) is 6.82. The third-order valence-corrected chi connectivity index (χ3v) is 6.86. The van der Waals surface area contributed by atoms with Crippen LogP contribution < -0.4 is 4.31 Å². The summed E-state index contributed by atoms with van der Waals surface area (Å²) in [4.78, 5) is 14.6. The average Bonchev–Trinajstić information content (AvgIpc) is 2.87. The Morgan fingerprint density at radius 1 is 1.00 bits per heavy atom. The molecule has 1 heterocycles. The van der Waals surface area contributed by atoms with Crippen molar-refractivity contribution in [1.29, 1.82) is 0 Å². The van der Waals surface area contributed by atoms with Crippen LogP contribution in [-0.4, -0.2) is 32.8 Å². The predicted octanol–water partition coefficient (Wildman–Crippen LogP) is 3.32. The standard InChI is InChI=1S/C21H20N2O3S/c1-15-7-3-4-8-17(15)13-22(2)20(24)14-23-18-11-5-9-16-10-6-12-19(21(16)18)27(23,25)26/h3-12H,13-14H2,1-2H3. The summed E-state index contributed by atoms with van der Waals surface area (Å²) >= 11 is 0. The van der Waals surface area contributed by atoms with Crippen LogP contribution in [0.4, 0.5) is 5.69 Å². The van der Waals surface area contributed by atoms with Crippen LogP contribution in [0, 0.1) is 6.92 Å². The predicted molar refractivity (Wildman–Crippen MR) is 106 cm³/mol. The lowest BCUT2D eigenvalue weighted by Gasteiger charge is -2.23. The molecule has 0 bridgehead atoms. The number of anilines is 1. The Balaban J connectivity index is 1.62. The van der Waals surface area contributed by atoms with Crippen LogP contribution in [-0.2, 0) is 21.4 Å². The van der Waals surface area contributed by atoms with Gasteiger partial charge in [0.15, 0.2) is 0 Å². The Bertz CT molecular complexity index is 1150. The molecule has 1 amide bonds. The lowest BCUT2D eigenvalue weighted by molar-refractivity contribution is -0.128. The van der Waals surface area contributed by atoms with Crippen molar-refractivity contribution in [2.75, 3.05) is 17.9 Å². The summed E-state index contributed by atoms with van der Waals surface area (Å²) in [5.74, 6) is -0.244. The molecule has 3 aromatic carbocycles. The van der Waals surface area contributed by atoms with Crippen LogP contribution >= 0.6 is 0 Å². The Labute approximate surface area is 158 Å². The summed E-state index contributed by atoms with van der Waals surface area (Å²) in [5.41, 5.74) is 2.71. The number of carbonyl (C=O) groups excluding carboxylic acids is 1. The molecule has 1 aliphatic heterocycles. The molecule has 3 aromatic rings. The molecule has 0 radical (unpaired) electrons. The van der Waals surface area contributed by atoms with Crippen molar-refractivity contribution in [3.63, 3.8) is 0 Å². The minimum absolute atomic E-state index is 0.210. The van der Waals surface area contributed by atoms with Gasteiger partial charge in [-0.1, -0.05) is 48.5 Å². The second-order valence-corrected chi connectivity index (χ2v) is 8.65. The van der Waals surface area contributed by atoms with Crippen LogP contribution in [0.25, 0.3) is 10.8 Å². The summed E-state index contributed by atoms with van der Waals surface area (Å²) in [6, 6.07) is 18.5. The summed E-state index contributed by atoms with van der Waals surface area (Å²) in [5, 5.41) is 1.55. The molecule has 0 aliphatic carbocycles. The van der Waals surface area contributed by atoms with Gasteiger partial charge in [-0.25, -0.2) is 8.42 Å². The van der Waals surface area contributed by atoms with E-state index in [2.05, 4.69) is 0 Å². The first kappa shape index (κ1) is 17.5. The van der Waals surface area contributed by atoms with E-state index in [4.69, 9.17) is 0 Å². The maximum atomic E-state index is 13.0. The zero-order valence-electron chi connectivity index (χ0n) is 15.2. The van der Waals surface area contributed by atoms with Gasteiger partial charge in [-0.3, -0.25) is 9.10 Å². The summed E-state index contributed by atoms with van der Waals surface area (Å²) < 4.78 is 27.2. The van der Waals surface area contributed by atoms with Crippen molar-refractivity contribution in [1.82, 2.24) is 4.90 Å². The molecule has 0 saturated carbocycles. The fourth-order valence-corrected chi connectivity index (χ4v) is 5.16. The van der Waals surface area contributed by atoms with Gasteiger partial charge in [-0.2, -0.15) is 0 Å². The van der Waals surface area contributed by atoms with Gasteiger partial charge in [0.2, 0.25) is 5.91 Å². The van der Waals surface area contributed by atoms with E-state index in [0.29, 0.717) is 17.6 Å². The number of nitrogens with zero attached hydrogens (tertiary/aromatic N) is 2. The van der Waals surface area contributed by atoms with E-state index >= 15 is 0 Å². The van der Waals surface area contributed by atoms with Gasteiger partial charge in [0, 0.05) is 19.0 Å². The third-order valence-electron chi connectivity index (χ3n) is 5.05. The van der Waals surface area contributed by atoms with Crippen LogP contribution in [0.3, 0.4) is 0 Å². The van der Waals surface area contributed by atoms with E-state index in [1.165, 1.54) is 4.31 Å². The average molecular weight is 380 g/mol. The van der Waals surface area contributed by atoms with E-state index in [0.717, 1.165) is 16.5 Å². The molecule has 0 atom stereocenters. The molecule has 0 fully saturated rings. The van der Waals surface area contributed by atoms with Gasteiger partial charge in [0.25, 0.3) is 10.0 Å². The smallest absolute Gasteiger partial charge is 0.265 e. The molecule has 1 aliphatic rings. The maximum absolute atomic E-state index is 13.0. The Morgan fingerprint density at radius 2 is 1.70 bits per heavy atom. The van der Waals surface area contributed by atoms with Gasteiger partial charge in [-0.05, 0) is 35.6 Å². The molecule has 0 spiro atoms. The second kappa shape index (κ2) is 6.39. The SMILES string of the molecule is Cc1ccccc1CN(C)C(=O)CN1c2cccc3cccc(c23)S1(=O)=O. The third kappa shape index (κ3) is 2.86. The largest absolute Gasteiger partial charge is 0.340 e. The van der Waals surface area contributed by atoms with E-state index in [9.17, 15) is 13.2 Å². The van der Waals surface area contributed by atoms with Gasteiger partial charge in [-0.15, -0.1) is 0 Å². The fourth-order valence-electron chi connectivity index (χ4n) is 3.50. The molecule has 138 valence electrons. The topological polar surface area (TPSA) is 57.7 Å². The van der Waals surface area contributed by atoms with E-state index in [-0.39, 0.29) is 17.3 Å². The molecule has 6 heteroatoms. The number of hydrogen-bond donors (Lipinski definition) is 0. The van der Waals surface area contributed by atoms with E-state index in [1.54, 1.807) is 30.1 Å². The quantitative estimate of drug-likeness (QED) is 0.698. The monoisotopic (exact) mass is 380 g/mol. The molecule has 4 rings (SSSR count). The number of aryl methyl sites for hydroxylation is 1. The van der Waals surface area contributed by atoms with Crippen LogP contribution in [0.5, 0.6) is 0 Å². The van der Waals surface area contributed by atoms with Crippen molar-refractivity contribution < 1.29 is 13.2 Å². The molecule has 0 unspecified atom stereocenters. The highest BCUT2D eigenvalue weighted by molar-refractivity contribution is 7.93. The highest BCUT2D eigenvalue weighted by Crippen LogP contribution is 2.41. The summed E-state index contributed by atoms with van der Waals surface area (Å²) in [6.07, 6.45) is 0. The fraction of sp³-hybridized carbons (Fsp3) is 0.190. The summed E-state index contributed by atoms with van der Waals surface area (Å²) in [6.45, 7) is 2.23. The van der Waals surface area contributed by atoms with Crippen molar-refractivity contribution in [2.45, 2.75) is 18.4 Å². The highest BCUT2D eigenvalue weighted by atomic mass is 32.2. The molecular formula is C21H20N2O3S. The lowest BCUT2D eigenvalue weighted by Crippen LogP contribution is -2.39. The number of carbonyl (C=O) groups is 1. The summed E-state index contributed by atoms with van der Waals surface area (Å²) in [7, 11) is -2.02. The first-order valence-electron chi connectivity index (χ1n) is 8.72. The van der Waals surface area contributed by atoms with Gasteiger partial charge < -0.3 is 4.90 Å².